The van der Waals surface area contributed by atoms with Crippen molar-refractivity contribution in [3.05, 3.63) is 42.2 Å². The summed E-state index contributed by atoms with van der Waals surface area (Å²) in [5.41, 5.74) is 4.32. The highest BCUT2D eigenvalue weighted by atomic mass is 15.0. The molecule has 5 heteroatoms. The fraction of sp³-hybridized carbons (Fsp3) is 0.188. The summed E-state index contributed by atoms with van der Waals surface area (Å²) in [6.07, 6.45) is 3.52. The summed E-state index contributed by atoms with van der Waals surface area (Å²) in [7, 11) is 0. The van der Waals surface area contributed by atoms with Crippen molar-refractivity contribution in [1.82, 2.24) is 15.0 Å². The number of H-pyrrole nitrogens is 1. The molecule has 1 aromatic carbocycles. The van der Waals surface area contributed by atoms with Crippen LogP contribution in [-0.2, 0) is 5.41 Å². The second kappa shape index (κ2) is 4.06. The van der Waals surface area contributed by atoms with Gasteiger partial charge >= 0.3 is 0 Å². The van der Waals surface area contributed by atoms with Crippen LogP contribution in [0.2, 0.25) is 0 Å². The molecular weight excluding hydrogens is 262 g/mol. The Morgan fingerprint density at radius 3 is 3.05 bits per heavy atom. The second-order valence-corrected chi connectivity index (χ2v) is 5.54. The Kier molecular flexibility index (Phi) is 2.30. The summed E-state index contributed by atoms with van der Waals surface area (Å²) >= 11 is 0. The Hall–Kier alpha value is -2.87. The van der Waals surface area contributed by atoms with E-state index in [0.717, 1.165) is 33.7 Å². The topological polar surface area (TPSA) is 77.4 Å². The van der Waals surface area contributed by atoms with Gasteiger partial charge in [0.1, 0.15) is 5.82 Å². The van der Waals surface area contributed by atoms with Gasteiger partial charge in [-0.25, -0.2) is 4.98 Å². The van der Waals surface area contributed by atoms with Crippen LogP contribution in [0.4, 0.5) is 5.69 Å². The van der Waals surface area contributed by atoms with Gasteiger partial charge in [0.25, 0.3) is 0 Å². The molecule has 21 heavy (non-hydrogen) atoms. The van der Waals surface area contributed by atoms with Gasteiger partial charge in [-0.2, -0.15) is 5.26 Å². The fourth-order valence-corrected chi connectivity index (χ4v) is 2.77. The molecule has 1 unspecified atom stereocenters. The second-order valence-electron chi connectivity index (χ2n) is 5.54. The number of benzene rings is 1. The lowest BCUT2D eigenvalue weighted by Crippen LogP contribution is -2.21. The van der Waals surface area contributed by atoms with Gasteiger partial charge in [-0.15, -0.1) is 0 Å². The van der Waals surface area contributed by atoms with E-state index in [-0.39, 0.29) is 0 Å². The lowest BCUT2D eigenvalue weighted by atomic mass is 9.86. The summed E-state index contributed by atoms with van der Waals surface area (Å²) in [4.78, 5) is 12.0. The van der Waals surface area contributed by atoms with Crippen molar-refractivity contribution in [2.45, 2.75) is 12.3 Å². The zero-order valence-electron chi connectivity index (χ0n) is 11.5. The molecule has 2 aromatic heterocycles. The Morgan fingerprint density at radius 2 is 2.29 bits per heavy atom. The van der Waals surface area contributed by atoms with Gasteiger partial charge in [0.05, 0.1) is 22.5 Å². The highest BCUT2D eigenvalue weighted by molar-refractivity contribution is 5.86. The molecule has 0 fully saturated rings. The predicted molar refractivity (Wildman–Crippen MR) is 80.8 cm³/mol. The Morgan fingerprint density at radius 1 is 1.38 bits per heavy atom. The smallest absolute Gasteiger partial charge is 0.140 e. The van der Waals surface area contributed by atoms with Crippen LogP contribution in [0.3, 0.4) is 0 Å². The number of anilines is 1. The van der Waals surface area contributed by atoms with Crippen molar-refractivity contribution in [2.75, 3.05) is 11.9 Å². The van der Waals surface area contributed by atoms with E-state index in [4.69, 9.17) is 0 Å². The number of rotatable bonds is 1. The van der Waals surface area contributed by atoms with E-state index in [9.17, 15) is 5.26 Å². The number of nitrogens with zero attached hydrogens (tertiary/aromatic N) is 3. The molecule has 3 heterocycles. The van der Waals surface area contributed by atoms with E-state index >= 15 is 0 Å². The molecule has 0 bridgehead atoms. The van der Waals surface area contributed by atoms with Crippen molar-refractivity contribution < 1.29 is 0 Å². The fourth-order valence-electron chi connectivity index (χ4n) is 2.77. The van der Waals surface area contributed by atoms with Gasteiger partial charge in [-0.05, 0) is 36.8 Å². The molecule has 0 radical (unpaired) electrons. The molecule has 0 saturated heterocycles. The quantitative estimate of drug-likeness (QED) is 0.716. The van der Waals surface area contributed by atoms with Gasteiger partial charge in [-0.3, -0.25) is 4.98 Å². The maximum Gasteiger partial charge on any atom is 0.140 e. The number of nitrogens with one attached hydrogen (secondary N) is 2. The summed E-state index contributed by atoms with van der Waals surface area (Å²) < 4.78 is 0. The maximum atomic E-state index is 9.40. The van der Waals surface area contributed by atoms with Crippen LogP contribution in [0.1, 0.15) is 12.5 Å². The normalized spacial score (nSPS) is 20.0. The van der Waals surface area contributed by atoms with Crippen molar-refractivity contribution in [2.24, 2.45) is 0 Å². The molecule has 1 aliphatic rings. The summed E-state index contributed by atoms with van der Waals surface area (Å²) in [6.45, 7) is 2.59. The molecule has 1 aliphatic heterocycles. The maximum absolute atomic E-state index is 9.40. The first-order valence-corrected chi connectivity index (χ1v) is 6.79. The number of aromatic amines is 1. The Bertz CT molecular complexity index is 875. The minimum atomic E-state index is -0.483. The first-order valence-electron chi connectivity index (χ1n) is 6.79. The Labute approximate surface area is 121 Å². The minimum absolute atomic E-state index is 0.483. The van der Waals surface area contributed by atoms with Gasteiger partial charge in [0.2, 0.25) is 0 Å². The number of aromatic nitrogens is 3. The number of hydrogen-bond acceptors (Lipinski definition) is 4. The molecule has 1 atom stereocenters. The van der Waals surface area contributed by atoms with E-state index < -0.39 is 5.41 Å². The molecule has 0 spiro atoms. The van der Waals surface area contributed by atoms with Gasteiger partial charge in [-0.1, -0.05) is 0 Å². The van der Waals surface area contributed by atoms with Crippen LogP contribution in [-0.4, -0.2) is 21.5 Å². The van der Waals surface area contributed by atoms with Crippen molar-refractivity contribution in [3.63, 3.8) is 0 Å². The number of imidazole rings is 1. The van der Waals surface area contributed by atoms with Crippen LogP contribution < -0.4 is 5.32 Å². The van der Waals surface area contributed by atoms with E-state index in [2.05, 4.69) is 26.3 Å². The molecule has 0 aliphatic carbocycles. The molecule has 102 valence electrons. The molecule has 5 nitrogen and oxygen atoms in total. The standard InChI is InChI=1S/C16H13N5/c1-16(8-17)9-19-12-6-14-13(5-11(12)16)20-15(21-14)10-3-2-4-18-7-10/h2-7,19H,9H2,1H3,(H,20,21). The zero-order chi connectivity index (χ0) is 14.4. The molecule has 0 amide bonds. The van der Waals surface area contributed by atoms with Gasteiger partial charge in [0, 0.05) is 30.2 Å². The average molecular weight is 275 g/mol. The number of pyridine rings is 1. The highest BCUT2D eigenvalue weighted by Crippen LogP contribution is 2.38. The molecule has 4 rings (SSSR count). The summed E-state index contributed by atoms with van der Waals surface area (Å²) in [5.74, 6) is 0.792. The van der Waals surface area contributed by atoms with Crippen molar-refractivity contribution >= 4 is 16.7 Å². The average Bonchev–Trinajstić information content (AvgIpc) is 3.08. The Balaban J connectivity index is 1.90. The SMILES string of the molecule is CC1(C#N)CNc2cc3nc(-c4cccnc4)[nH]c3cc21. The van der Waals surface area contributed by atoms with Gasteiger partial charge < -0.3 is 10.3 Å². The van der Waals surface area contributed by atoms with Crippen molar-refractivity contribution in [3.8, 4) is 17.5 Å². The first kappa shape index (κ1) is 11.9. The van der Waals surface area contributed by atoms with Gasteiger partial charge in [0.15, 0.2) is 0 Å². The molecular formula is C16H13N5. The van der Waals surface area contributed by atoms with Crippen LogP contribution in [0.5, 0.6) is 0 Å². The summed E-state index contributed by atoms with van der Waals surface area (Å²) in [5, 5.41) is 12.7. The van der Waals surface area contributed by atoms with E-state index in [1.165, 1.54) is 0 Å². The molecule has 2 N–H and O–H groups in total. The monoisotopic (exact) mass is 275 g/mol. The van der Waals surface area contributed by atoms with E-state index in [1.807, 2.05) is 31.2 Å². The third-order valence-electron chi connectivity index (χ3n) is 4.03. The first-order chi connectivity index (χ1) is 10.2. The minimum Gasteiger partial charge on any atom is -0.383 e. The van der Waals surface area contributed by atoms with Crippen molar-refractivity contribution in [1.29, 1.82) is 5.26 Å². The predicted octanol–water partition coefficient (Wildman–Crippen LogP) is 2.83. The zero-order valence-corrected chi connectivity index (χ0v) is 11.5. The lowest BCUT2D eigenvalue weighted by Gasteiger charge is -2.12. The molecule has 0 saturated carbocycles. The third-order valence-corrected chi connectivity index (χ3v) is 4.03. The summed E-state index contributed by atoms with van der Waals surface area (Å²) in [6, 6.07) is 10.3. The van der Waals surface area contributed by atoms with E-state index in [0.29, 0.717) is 6.54 Å². The van der Waals surface area contributed by atoms with Crippen LogP contribution in [0.15, 0.2) is 36.7 Å². The number of hydrogen-bond donors (Lipinski definition) is 2. The van der Waals surface area contributed by atoms with E-state index in [1.54, 1.807) is 12.4 Å². The highest BCUT2D eigenvalue weighted by Gasteiger charge is 2.35. The van der Waals surface area contributed by atoms with Crippen LogP contribution >= 0.6 is 0 Å². The molecule has 3 aromatic rings. The van der Waals surface area contributed by atoms with Crippen LogP contribution in [0, 0.1) is 11.3 Å². The number of nitriles is 1. The number of fused-ring (bicyclic) bond motifs is 2. The largest absolute Gasteiger partial charge is 0.383 e. The lowest BCUT2D eigenvalue weighted by molar-refractivity contribution is 0.681. The third kappa shape index (κ3) is 1.69. The van der Waals surface area contributed by atoms with Crippen LogP contribution in [0.25, 0.3) is 22.4 Å².